The maximum absolute atomic E-state index is 14.6. The van der Waals surface area contributed by atoms with Crippen molar-refractivity contribution >= 4 is 102 Å². The summed E-state index contributed by atoms with van der Waals surface area (Å²) in [7, 11) is -4.65. The van der Waals surface area contributed by atoms with Crippen LogP contribution in [0.1, 0.15) is 89.0 Å². The summed E-state index contributed by atoms with van der Waals surface area (Å²) in [4.78, 5) is 96.8. The number of nitro groups is 1. The second-order valence-corrected chi connectivity index (χ2v) is 28.0. The first-order valence-electron chi connectivity index (χ1n) is 33.2. The van der Waals surface area contributed by atoms with Gasteiger partial charge in [0.15, 0.2) is 0 Å². The molecule has 7 heterocycles. The average molecular weight is 1370 g/mol. The van der Waals surface area contributed by atoms with Gasteiger partial charge in [-0.1, -0.05) is 49.2 Å². The van der Waals surface area contributed by atoms with Gasteiger partial charge < -0.3 is 44.4 Å². The van der Waals surface area contributed by atoms with E-state index in [-0.39, 0.29) is 40.6 Å². The molecule has 4 aromatic carbocycles. The van der Waals surface area contributed by atoms with Crippen molar-refractivity contribution in [3.05, 3.63) is 140 Å². The minimum absolute atomic E-state index is 0.0417. The van der Waals surface area contributed by atoms with Crippen molar-refractivity contribution in [2.45, 2.75) is 63.3 Å². The summed E-state index contributed by atoms with van der Waals surface area (Å²) in [6, 6.07) is 24.9. The van der Waals surface area contributed by atoms with Gasteiger partial charge in [0, 0.05) is 132 Å². The first-order valence-corrected chi connectivity index (χ1v) is 35.0. The van der Waals surface area contributed by atoms with Crippen LogP contribution in [0.5, 0.6) is 5.88 Å². The number of H-pyrrole nitrogens is 1. The summed E-state index contributed by atoms with van der Waals surface area (Å²) in [5.41, 5.74) is 7.50. The maximum atomic E-state index is 14.6. The number of piperazine rings is 2. The fourth-order valence-corrected chi connectivity index (χ4v) is 14.6. The van der Waals surface area contributed by atoms with Crippen molar-refractivity contribution in [2.75, 3.05) is 158 Å². The van der Waals surface area contributed by atoms with E-state index >= 15 is 0 Å². The Morgan fingerprint density at radius 2 is 1.49 bits per heavy atom. The SMILES string of the molecule is CC1(C)CCC(CN2CCN(c3ccc(C(=O)NS(=O)(=O)c4ccc(NCCN5CCN(CCOCCOCCOCCNc6cccc7c6C(=O)N(C6CCC(=O)NC6=O)C7=O)CC5)c([N+](=O)[O-])c4)c(N4CCCOc5nc6[nH]ccc6cc54)c3)CC2)=C(c2ccc(Cl)cc2)C1. The van der Waals surface area contributed by atoms with E-state index < -0.39 is 61.1 Å². The van der Waals surface area contributed by atoms with Crippen molar-refractivity contribution in [3.8, 4) is 5.88 Å². The van der Waals surface area contributed by atoms with Crippen LogP contribution in [0.15, 0.2) is 108 Å². The highest BCUT2D eigenvalue weighted by Gasteiger charge is 2.46. The molecule has 3 saturated heterocycles. The summed E-state index contributed by atoms with van der Waals surface area (Å²) in [6.07, 6.45) is 5.64. The molecule has 0 spiro atoms. The number of benzene rings is 4. The van der Waals surface area contributed by atoms with Crippen LogP contribution in [0.2, 0.25) is 5.02 Å². The molecule has 3 fully saturated rings. The standard InChI is InChI=1S/C69H82ClN13O13S/c1-69(2)19-17-48(54(44-69)46-7-9-49(70)10-8-46)45-79-29-31-80(32-30-79)50-11-13-52(58(42-50)81-23-4-34-96-66-60(81)41-47-18-20-73-63(47)75-66)64(85)76-97(91,92)51-12-14-55(59(43-51)83(89)90)71-21-24-77-25-27-78(28-26-77)33-36-94-38-40-95-39-37-93-35-22-72-56-6-3-5-53-62(56)68(88)82(67(53)87)57-15-16-61(84)74-65(57)86/h3,5-14,18,20,41-43,57,71-72H,4,15-17,19,21-40,44-45H2,1-2H3,(H,73,75)(H,76,85)(H,74,84,86). The predicted octanol–water partition coefficient (Wildman–Crippen LogP) is 7.54. The topological polar surface area (TPSA) is 296 Å². The number of fused-ring (bicyclic) bond motifs is 3. The number of carbonyl (C=O) groups is 5. The fourth-order valence-electron chi connectivity index (χ4n) is 13.5. The minimum atomic E-state index is -4.65. The number of amides is 5. The normalized spacial score (nSPS) is 18.8. The molecule has 5 aliphatic heterocycles. The average Bonchev–Trinajstić information content (AvgIpc) is 1.66. The van der Waals surface area contributed by atoms with E-state index in [1.807, 2.05) is 41.3 Å². The van der Waals surface area contributed by atoms with E-state index in [4.69, 9.17) is 35.5 Å². The van der Waals surface area contributed by atoms with E-state index in [9.17, 15) is 42.5 Å². The Bertz CT molecular complexity index is 4080. The molecule has 1 unspecified atom stereocenters. The van der Waals surface area contributed by atoms with Crippen molar-refractivity contribution in [1.29, 1.82) is 0 Å². The predicted molar refractivity (Wildman–Crippen MR) is 367 cm³/mol. The summed E-state index contributed by atoms with van der Waals surface area (Å²) in [5, 5.41) is 22.6. The molecule has 6 aliphatic rings. The van der Waals surface area contributed by atoms with Gasteiger partial charge >= 0.3 is 0 Å². The molecule has 5 N–H and O–H groups in total. The molecule has 2 aromatic heterocycles. The molecule has 514 valence electrons. The lowest BCUT2D eigenvalue weighted by atomic mass is 9.72. The Morgan fingerprint density at radius 3 is 2.25 bits per heavy atom. The Hall–Kier alpha value is -8.54. The maximum Gasteiger partial charge on any atom is 0.293 e. The molecule has 1 atom stereocenters. The zero-order chi connectivity index (χ0) is 67.8. The zero-order valence-electron chi connectivity index (χ0n) is 54.6. The molecule has 0 radical (unpaired) electrons. The lowest BCUT2D eigenvalue weighted by Crippen LogP contribution is -2.54. The molecule has 26 nitrogen and oxygen atoms in total. The number of allylic oxidation sites excluding steroid dienone is 1. The number of ether oxygens (including phenoxy) is 4. The summed E-state index contributed by atoms with van der Waals surface area (Å²) in [6.45, 7) is 16.9. The number of hydrogen-bond acceptors (Lipinski definition) is 21. The van der Waals surface area contributed by atoms with Crippen molar-refractivity contribution < 1.29 is 56.3 Å². The van der Waals surface area contributed by atoms with Crippen molar-refractivity contribution in [3.63, 3.8) is 0 Å². The zero-order valence-corrected chi connectivity index (χ0v) is 56.2. The van der Waals surface area contributed by atoms with Crippen LogP contribution in [-0.4, -0.2) is 216 Å². The molecule has 97 heavy (non-hydrogen) atoms. The number of sulfonamides is 1. The lowest BCUT2D eigenvalue weighted by Gasteiger charge is -2.39. The van der Waals surface area contributed by atoms with Crippen LogP contribution in [0.4, 0.5) is 34.1 Å². The monoisotopic (exact) mass is 1370 g/mol. The van der Waals surface area contributed by atoms with Crippen LogP contribution in [0.3, 0.4) is 0 Å². The summed E-state index contributed by atoms with van der Waals surface area (Å²) in [5.74, 6) is -2.78. The number of halogens is 1. The number of aromatic amines is 1. The van der Waals surface area contributed by atoms with Gasteiger partial charge in [-0.15, -0.1) is 0 Å². The van der Waals surface area contributed by atoms with Crippen LogP contribution in [0, 0.1) is 15.5 Å². The number of piperidine rings is 1. The minimum Gasteiger partial charge on any atom is -0.476 e. The van der Waals surface area contributed by atoms with Gasteiger partial charge in [-0.25, -0.2) is 13.1 Å². The van der Waals surface area contributed by atoms with E-state index in [0.29, 0.717) is 107 Å². The second kappa shape index (κ2) is 30.5. The third-order valence-electron chi connectivity index (χ3n) is 18.8. The smallest absolute Gasteiger partial charge is 0.293 e. The molecular formula is C69H82ClN13O13S. The van der Waals surface area contributed by atoms with E-state index in [1.54, 1.807) is 30.5 Å². The first-order chi connectivity index (χ1) is 46.9. The molecule has 6 aromatic rings. The van der Waals surface area contributed by atoms with Gasteiger partial charge in [-0.05, 0) is 115 Å². The number of anilines is 5. The largest absolute Gasteiger partial charge is 0.476 e. The Labute approximate surface area is 568 Å². The lowest BCUT2D eigenvalue weighted by molar-refractivity contribution is -0.384. The highest BCUT2D eigenvalue weighted by atomic mass is 35.5. The van der Waals surface area contributed by atoms with Crippen LogP contribution >= 0.6 is 11.6 Å². The van der Waals surface area contributed by atoms with E-state index in [0.717, 1.165) is 112 Å². The number of hydrogen-bond donors (Lipinski definition) is 5. The number of rotatable bonds is 27. The number of aromatic nitrogens is 2. The highest BCUT2D eigenvalue weighted by molar-refractivity contribution is 7.90. The molecule has 5 amide bonds. The summed E-state index contributed by atoms with van der Waals surface area (Å²) < 4.78 is 54.1. The van der Waals surface area contributed by atoms with Gasteiger partial charge in [0.25, 0.3) is 33.4 Å². The fraction of sp³-hybridized carbons (Fsp3) is 0.449. The molecule has 1 aliphatic carbocycles. The van der Waals surface area contributed by atoms with Crippen molar-refractivity contribution in [1.82, 2.24) is 39.6 Å². The number of nitrogens with one attached hydrogen (secondary N) is 5. The van der Waals surface area contributed by atoms with E-state index in [2.05, 4.69) is 71.2 Å². The number of nitro benzene ring substituents is 1. The molecule has 28 heteroatoms. The van der Waals surface area contributed by atoms with Gasteiger partial charge in [0.1, 0.15) is 23.1 Å². The molecule has 0 saturated carbocycles. The highest BCUT2D eigenvalue weighted by Crippen LogP contribution is 2.45. The Morgan fingerprint density at radius 1 is 0.773 bits per heavy atom. The van der Waals surface area contributed by atoms with Gasteiger partial charge in [0.2, 0.25) is 17.7 Å². The third-order valence-corrected chi connectivity index (χ3v) is 20.4. The summed E-state index contributed by atoms with van der Waals surface area (Å²) >= 11 is 6.31. The van der Waals surface area contributed by atoms with E-state index in [1.165, 1.54) is 28.8 Å². The number of nitrogens with zero attached hydrogens (tertiary/aromatic N) is 8. The molecular weight excluding hydrogens is 1290 g/mol. The molecule has 12 rings (SSSR count). The third kappa shape index (κ3) is 16.2. The molecule has 0 bridgehead atoms. The Kier molecular flexibility index (Phi) is 21.5. The first kappa shape index (κ1) is 68.4. The van der Waals surface area contributed by atoms with Crippen LogP contribution in [0.25, 0.3) is 16.6 Å². The second-order valence-electron chi connectivity index (χ2n) is 25.9. The van der Waals surface area contributed by atoms with Gasteiger partial charge in [-0.3, -0.25) is 59.0 Å². The Balaban J connectivity index is 0.589. The number of pyridine rings is 1. The van der Waals surface area contributed by atoms with Gasteiger partial charge in [-0.2, -0.15) is 4.98 Å². The van der Waals surface area contributed by atoms with Gasteiger partial charge in [0.05, 0.1) is 78.4 Å². The van der Waals surface area contributed by atoms with Crippen LogP contribution in [-0.2, 0) is 33.8 Å². The van der Waals surface area contributed by atoms with Crippen molar-refractivity contribution in [2.24, 2.45) is 5.41 Å². The quantitative estimate of drug-likeness (QED) is 0.0144. The number of imide groups is 2. The number of carbonyl (C=O) groups excluding carboxylic acids is 5. The van der Waals surface area contributed by atoms with Crippen LogP contribution < -0.4 is 35.2 Å².